The quantitative estimate of drug-likeness (QED) is 0.484. The number of anilines is 1. The number of furan rings is 1. The highest BCUT2D eigenvalue weighted by Gasteiger charge is 2.53. The lowest BCUT2D eigenvalue weighted by Crippen LogP contribution is -2.66. The van der Waals surface area contributed by atoms with Crippen LogP contribution in [-0.4, -0.2) is 58.9 Å². The Hall–Kier alpha value is -2.65. The molecule has 0 spiro atoms. The summed E-state index contributed by atoms with van der Waals surface area (Å²) >= 11 is 0. The zero-order valence-electron chi connectivity index (χ0n) is 19.0. The highest BCUT2D eigenvalue weighted by molar-refractivity contribution is 5.90. The summed E-state index contributed by atoms with van der Waals surface area (Å²) in [6, 6.07) is 3.34. The van der Waals surface area contributed by atoms with Crippen LogP contribution in [0.15, 0.2) is 33.6 Å². The number of carbonyl (C=O) groups excluding carboxylic acids is 2. The van der Waals surface area contributed by atoms with Gasteiger partial charge in [0, 0.05) is 36.3 Å². The van der Waals surface area contributed by atoms with E-state index in [0.29, 0.717) is 34.7 Å². The molecule has 0 radical (unpaired) electrons. The number of amides is 1. The second-order valence-corrected chi connectivity index (χ2v) is 10.0. The second-order valence-electron chi connectivity index (χ2n) is 10.0. The molecule has 3 aliphatic heterocycles. The molecule has 2 atom stereocenters. The van der Waals surface area contributed by atoms with Crippen molar-refractivity contribution in [3.05, 3.63) is 36.0 Å². The Labute approximate surface area is 192 Å². The summed E-state index contributed by atoms with van der Waals surface area (Å²) in [5.74, 6) is 0.406. The van der Waals surface area contributed by atoms with Crippen LogP contribution in [0, 0.1) is 18.8 Å². The maximum atomic E-state index is 13.4. The Balaban J connectivity index is 1.28. The van der Waals surface area contributed by atoms with Gasteiger partial charge in [-0.3, -0.25) is 4.79 Å². The monoisotopic (exact) mass is 458 g/mol. The van der Waals surface area contributed by atoms with Gasteiger partial charge < -0.3 is 28.6 Å². The van der Waals surface area contributed by atoms with Gasteiger partial charge in [0.25, 0.3) is 5.91 Å². The van der Waals surface area contributed by atoms with Crippen LogP contribution in [0.1, 0.15) is 49.8 Å². The molecule has 4 aliphatic rings. The van der Waals surface area contributed by atoms with Gasteiger partial charge in [-0.1, -0.05) is 18.0 Å². The number of hydrogen-bond donors (Lipinski definition) is 2. The van der Waals surface area contributed by atoms with Crippen molar-refractivity contribution in [3.8, 4) is 0 Å². The number of nitrogens with zero attached hydrogens (tertiary/aromatic N) is 2. The van der Waals surface area contributed by atoms with Crippen molar-refractivity contribution in [1.82, 2.24) is 5.16 Å². The molecule has 4 fully saturated rings. The molecule has 1 saturated carbocycles. The Morgan fingerprint density at radius 3 is 2.67 bits per heavy atom. The van der Waals surface area contributed by atoms with Crippen molar-refractivity contribution in [2.75, 3.05) is 31.5 Å². The molecule has 1 amide bonds. The number of aryl methyl sites for hydroxylation is 1. The predicted octanol–water partition coefficient (Wildman–Crippen LogP) is 2.74. The summed E-state index contributed by atoms with van der Waals surface area (Å²) in [7, 11) is 0. The fourth-order valence-electron chi connectivity index (χ4n) is 6.06. The fraction of sp³-hybridized carbons (Fsp3) is 0.625. The molecule has 1 unspecified atom stereocenters. The van der Waals surface area contributed by atoms with E-state index in [-0.39, 0.29) is 23.8 Å². The molecule has 9 nitrogen and oxygen atoms in total. The minimum Gasteiger partial charge on any atom is -0.472 e. The maximum absolute atomic E-state index is 13.4. The van der Waals surface area contributed by atoms with Crippen LogP contribution in [0.3, 0.4) is 0 Å². The largest absolute Gasteiger partial charge is 0.472 e. The lowest BCUT2D eigenvalue weighted by Gasteiger charge is -2.51. The Bertz CT molecular complexity index is 988. The second kappa shape index (κ2) is 8.61. The molecule has 2 bridgehead atoms. The predicted molar refractivity (Wildman–Crippen MR) is 117 cm³/mol. The lowest BCUT2D eigenvalue weighted by molar-refractivity contribution is -0.939. The number of aromatic nitrogens is 1. The van der Waals surface area contributed by atoms with Crippen molar-refractivity contribution < 1.29 is 32.9 Å². The zero-order chi connectivity index (χ0) is 23.1. The number of ether oxygens (including phenoxy) is 1. The number of rotatable bonds is 7. The number of nitrogens with one attached hydrogen (secondary N) is 1. The molecule has 33 heavy (non-hydrogen) atoms. The summed E-state index contributed by atoms with van der Waals surface area (Å²) in [6.45, 7) is 4.39. The van der Waals surface area contributed by atoms with Gasteiger partial charge >= 0.3 is 5.97 Å². The van der Waals surface area contributed by atoms with Gasteiger partial charge in [-0.2, -0.15) is 0 Å². The van der Waals surface area contributed by atoms with E-state index in [1.165, 1.54) is 12.5 Å². The standard InChI is InChI=1S/C24H31N3O6/c1-16-12-21(26-33-16)25-22(28)14-27-9-6-17(7-10-27)20(13-27)32-23(29)24(30,18-4-2-3-5-18)19-8-11-31-15-19/h8,11-12,15,17-18,20,30H,2-7,9-10,13-14H2,1H3/p+1/t17?,20-,24?,27?/m0/s1. The van der Waals surface area contributed by atoms with E-state index in [4.69, 9.17) is 13.7 Å². The smallest absolute Gasteiger partial charge is 0.343 e. The third kappa shape index (κ3) is 4.19. The van der Waals surface area contributed by atoms with Crippen molar-refractivity contribution in [2.24, 2.45) is 11.8 Å². The Morgan fingerprint density at radius 1 is 1.27 bits per heavy atom. The van der Waals surface area contributed by atoms with E-state index in [1.54, 1.807) is 19.1 Å². The summed E-state index contributed by atoms with van der Waals surface area (Å²) in [5, 5.41) is 18.2. The van der Waals surface area contributed by atoms with Crippen molar-refractivity contribution in [2.45, 2.75) is 57.2 Å². The molecule has 6 rings (SSSR count). The van der Waals surface area contributed by atoms with Crippen LogP contribution in [0.5, 0.6) is 0 Å². The van der Waals surface area contributed by atoms with Crippen molar-refractivity contribution >= 4 is 17.7 Å². The molecular weight excluding hydrogens is 426 g/mol. The molecule has 178 valence electrons. The molecule has 2 N–H and O–H groups in total. The first-order valence-electron chi connectivity index (χ1n) is 11.9. The average molecular weight is 459 g/mol. The molecule has 0 aromatic carbocycles. The van der Waals surface area contributed by atoms with E-state index in [0.717, 1.165) is 51.6 Å². The third-order valence-electron chi connectivity index (χ3n) is 7.89. The Morgan fingerprint density at radius 2 is 2.03 bits per heavy atom. The van der Waals surface area contributed by atoms with Crippen molar-refractivity contribution in [3.63, 3.8) is 0 Å². The number of fused-ring (bicyclic) bond motifs is 3. The number of piperidine rings is 3. The molecule has 3 saturated heterocycles. The number of carbonyl (C=O) groups is 2. The summed E-state index contributed by atoms with van der Waals surface area (Å²) < 4.78 is 16.8. The molecule has 9 heteroatoms. The van der Waals surface area contributed by atoms with E-state index in [2.05, 4.69) is 10.5 Å². The molecule has 2 aromatic rings. The van der Waals surface area contributed by atoms with E-state index in [9.17, 15) is 14.7 Å². The fourth-order valence-corrected chi connectivity index (χ4v) is 6.06. The number of aliphatic hydroxyl groups is 1. The SMILES string of the molecule is Cc1cc(NC(=O)C[N+]23CCC(CC2)[C@@H](OC(=O)C(O)(c2ccoc2)C2CCCC2)C3)no1. The summed E-state index contributed by atoms with van der Waals surface area (Å²) in [5.41, 5.74) is -1.23. The van der Waals surface area contributed by atoms with Crippen LogP contribution in [-0.2, 0) is 19.9 Å². The minimum atomic E-state index is -1.69. The van der Waals surface area contributed by atoms with Gasteiger partial charge in [-0.25, -0.2) is 4.79 Å². The number of quaternary nitrogens is 1. The summed E-state index contributed by atoms with van der Waals surface area (Å²) in [4.78, 5) is 26.2. The van der Waals surface area contributed by atoms with Crippen LogP contribution in [0.4, 0.5) is 5.82 Å². The third-order valence-corrected chi connectivity index (χ3v) is 7.89. The normalized spacial score (nSPS) is 29.0. The average Bonchev–Trinajstić information content (AvgIpc) is 3.57. The molecular formula is C24H32N3O6+. The van der Waals surface area contributed by atoms with Gasteiger partial charge in [-0.15, -0.1) is 0 Å². The molecule has 5 heterocycles. The van der Waals surface area contributed by atoms with Gasteiger partial charge in [0.15, 0.2) is 24.1 Å². The van der Waals surface area contributed by atoms with E-state index < -0.39 is 11.6 Å². The molecule has 2 aromatic heterocycles. The van der Waals surface area contributed by atoms with Crippen LogP contribution >= 0.6 is 0 Å². The highest BCUT2D eigenvalue weighted by atomic mass is 16.6. The van der Waals surface area contributed by atoms with Gasteiger partial charge in [0.05, 0.1) is 25.6 Å². The zero-order valence-corrected chi connectivity index (χ0v) is 19.0. The number of hydrogen-bond acceptors (Lipinski definition) is 7. The van der Waals surface area contributed by atoms with Gasteiger partial charge in [0.2, 0.25) is 0 Å². The highest BCUT2D eigenvalue weighted by Crippen LogP contribution is 2.43. The molecule has 1 aliphatic carbocycles. The lowest BCUT2D eigenvalue weighted by atomic mass is 9.80. The van der Waals surface area contributed by atoms with Crippen LogP contribution < -0.4 is 5.32 Å². The number of esters is 1. The van der Waals surface area contributed by atoms with Crippen LogP contribution in [0.2, 0.25) is 0 Å². The van der Waals surface area contributed by atoms with Crippen LogP contribution in [0.25, 0.3) is 0 Å². The Kier molecular flexibility index (Phi) is 5.78. The van der Waals surface area contributed by atoms with Gasteiger partial charge in [0.1, 0.15) is 12.3 Å². The first-order valence-corrected chi connectivity index (χ1v) is 11.9. The maximum Gasteiger partial charge on any atom is 0.343 e. The van der Waals surface area contributed by atoms with Crippen molar-refractivity contribution in [1.29, 1.82) is 0 Å². The minimum absolute atomic E-state index is 0.130. The topological polar surface area (TPSA) is 115 Å². The van der Waals surface area contributed by atoms with E-state index in [1.807, 2.05) is 0 Å². The first-order chi connectivity index (χ1) is 15.9. The van der Waals surface area contributed by atoms with Gasteiger partial charge in [-0.05, 0) is 25.8 Å². The summed E-state index contributed by atoms with van der Waals surface area (Å²) in [6.07, 6.45) is 7.94. The first kappa shape index (κ1) is 22.2. The van der Waals surface area contributed by atoms with E-state index >= 15 is 0 Å².